The molecule has 1 aliphatic rings. The zero-order valence-electron chi connectivity index (χ0n) is 11.0. The van der Waals surface area contributed by atoms with Crippen molar-refractivity contribution >= 4 is 25.2 Å². The maximum absolute atomic E-state index is 14.5. The molecule has 2 aromatic rings. The van der Waals surface area contributed by atoms with Crippen molar-refractivity contribution in [1.29, 1.82) is 0 Å². The number of aliphatic hydroxyl groups excluding tert-OH is 1. The maximum atomic E-state index is 14.5. The van der Waals surface area contributed by atoms with Crippen LogP contribution in [0.3, 0.4) is 0 Å². The molecule has 0 radical (unpaired) electrons. The summed E-state index contributed by atoms with van der Waals surface area (Å²) in [4.78, 5) is 20.5. The largest absolute Gasteiger partial charge is 0.695 e. The molecule has 5 atom stereocenters. The number of aromatic nitrogens is 4. The number of halogens is 1. The first kappa shape index (κ1) is 15.1. The van der Waals surface area contributed by atoms with Crippen LogP contribution >= 0.6 is 8.25 Å². The number of nitrogens with two attached hydrogens (primary N) is 1. The average Bonchev–Trinajstić information content (AvgIpc) is 3.02. The molecule has 4 N–H and O–H groups in total. The summed E-state index contributed by atoms with van der Waals surface area (Å²) in [6.07, 6.45) is -3.06. The first-order valence-electron chi connectivity index (χ1n) is 6.19. The van der Waals surface area contributed by atoms with Crippen molar-refractivity contribution in [1.82, 2.24) is 19.5 Å². The van der Waals surface area contributed by atoms with E-state index in [9.17, 15) is 14.1 Å². The highest BCUT2D eigenvalue weighted by Gasteiger charge is 2.51. The number of alkyl halides is 1. The maximum Gasteiger partial charge on any atom is 0.695 e. The molecule has 0 aliphatic carbocycles. The van der Waals surface area contributed by atoms with Crippen LogP contribution < -0.4 is 5.73 Å². The number of fused-ring (bicyclic) bond motifs is 1. The predicted octanol–water partition coefficient (Wildman–Crippen LogP) is -0.329. The van der Waals surface area contributed by atoms with Crippen LogP contribution in [0.1, 0.15) is 6.23 Å². The Morgan fingerprint density at radius 2 is 2.27 bits per heavy atom. The number of aliphatic hydroxyl groups is 1. The Hall–Kier alpha value is -1.78. The summed E-state index contributed by atoms with van der Waals surface area (Å²) in [7, 11) is -3.04. The van der Waals surface area contributed by atoms with Gasteiger partial charge in [0.15, 0.2) is 30.0 Å². The minimum absolute atomic E-state index is 0.127. The zero-order chi connectivity index (χ0) is 15.9. The normalized spacial score (nSPS) is 29.1. The van der Waals surface area contributed by atoms with Crippen LogP contribution in [0.25, 0.3) is 11.2 Å². The molecule has 1 aliphatic heterocycles. The Bertz CT molecular complexity index is 714. The van der Waals surface area contributed by atoms with E-state index >= 15 is 0 Å². The molecule has 3 heterocycles. The lowest BCUT2D eigenvalue weighted by Gasteiger charge is -2.14. The second-order valence-electron chi connectivity index (χ2n) is 4.58. The second-order valence-corrected chi connectivity index (χ2v) is 5.27. The minimum atomic E-state index is -3.04. The van der Waals surface area contributed by atoms with Gasteiger partial charge >= 0.3 is 8.25 Å². The highest BCUT2D eigenvalue weighted by atomic mass is 31.1. The Balaban J connectivity index is 1.97. The van der Waals surface area contributed by atoms with Gasteiger partial charge in [-0.3, -0.25) is 4.57 Å². The summed E-state index contributed by atoms with van der Waals surface area (Å²) in [5.41, 5.74) is 6.17. The van der Waals surface area contributed by atoms with E-state index in [4.69, 9.17) is 15.4 Å². The molecule has 3 unspecified atom stereocenters. The molecule has 0 aromatic carbocycles. The van der Waals surface area contributed by atoms with E-state index in [1.165, 1.54) is 17.2 Å². The van der Waals surface area contributed by atoms with Gasteiger partial charge < -0.3 is 15.6 Å². The summed E-state index contributed by atoms with van der Waals surface area (Å²) >= 11 is 0. The van der Waals surface area contributed by atoms with E-state index in [0.29, 0.717) is 0 Å². The molecular formula is C10H12FN5O5P+. The highest BCUT2D eigenvalue weighted by Crippen LogP contribution is 2.38. The fraction of sp³-hybridized carbons (Fsp3) is 0.500. The van der Waals surface area contributed by atoms with Crippen LogP contribution in [0.4, 0.5) is 10.2 Å². The molecule has 0 bridgehead atoms. The van der Waals surface area contributed by atoms with Crippen LogP contribution in [-0.4, -0.2) is 54.5 Å². The van der Waals surface area contributed by atoms with Crippen molar-refractivity contribution in [3.63, 3.8) is 0 Å². The number of nitrogen functional groups attached to an aromatic ring is 1. The smallest absolute Gasteiger partial charge is 0.394 e. The zero-order valence-corrected chi connectivity index (χ0v) is 11.9. The second kappa shape index (κ2) is 5.78. The standard InChI is InChI=1S/C10H11FN5O5P/c11-5-7(21-22(18)19)4(1-17)20-10(5)16-3-15-6-8(12)13-2-14-9(6)16/h2-5,7,10,17H,1H2,(H2-,12,13,14,18,19)/p+1/t4-,5?,7?,10-/m1/s1. The van der Waals surface area contributed by atoms with E-state index < -0.39 is 39.5 Å². The highest BCUT2D eigenvalue weighted by molar-refractivity contribution is 7.32. The van der Waals surface area contributed by atoms with Gasteiger partial charge in [0.25, 0.3) is 0 Å². The number of nitrogens with zero attached hydrogens (tertiary/aromatic N) is 4. The van der Waals surface area contributed by atoms with Gasteiger partial charge in [-0.05, 0) is 0 Å². The molecule has 3 rings (SSSR count). The van der Waals surface area contributed by atoms with Gasteiger partial charge in [0.05, 0.1) is 12.9 Å². The van der Waals surface area contributed by atoms with E-state index in [1.807, 2.05) is 0 Å². The third-order valence-corrected chi connectivity index (χ3v) is 3.74. The summed E-state index contributed by atoms with van der Waals surface area (Å²) in [5.74, 6) is 0.127. The number of ether oxygens (including phenoxy) is 1. The van der Waals surface area contributed by atoms with Crippen molar-refractivity contribution in [3.05, 3.63) is 12.7 Å². The van der Waals surface area contributed by atoms with E-state index in [-0.39, 0.29) is 17.0 Å². The van der Waals surface area contributed by atoms with E-state index in [1.54, 1.807) is 0 Å². The molecule has 22 heavy (non-hydrogen) atoms. The number of hydrogen-bond donors (Lipinski definition) is 3. The molecule has 10 nitrogen and oxygen atoms in total. The first-order valence-corrected chi connectivity index (χ1v) is 7.32. The lowest BCUT2D eigenvalue weighted by atomic mass is 10.1. The topological polar surface area (TPSA) is 146 Å². The van der Waals surface area contributed by atoms with Crippen LogP contribution in [0, 0.1) is 0 Å². The van der Waals surface area contributed by atoms with Crippen LogP contribution in [0.5, 0.6) is 0 Å². The van der Waals surface area contributed by atoms with Gasteiger partial charge in [0.1, 0.15) is 17.9 Å². The molecule has 1 saturated heterocycles. The van der Waals surface area contributed by atoms with E-state index in [0.717, 1.165) is 0 Å². The number of rotatable bonds is 4. The van der Waals surface area contributed by atoms with Gasteiger partial charge in [0, 0.05) is 4.57 Å². The molecule has 0 saturated carbocycles. The number of hydrogen-bond acceptors (Lipinski definition) is 8. The molecule has 0 spiro atoms. The minimum Gasteiger partial charge on any atom is -0.394 e. The molecular weight excluding hydrogens is 320 g/mol. The summed E-state index contributed by atoms with van der Waals surface area (Å²) in [6, 6.07) is 0. The Kier molecular flexibility index (Phi) is 3.98. The summed E-state index contributed by atoms with van der Waals surface area (Å²) < 4.78 is 36.5. The van der Waals surface area contributed by atoms with Gasteiger partial charge in [-0.2, -0.15) is 0 Å². The van der Waals surface area contributed by atoms with Gasteiger partial charge in [0.2, 0.25) is 0 Å². The van der Waals surface area contributed by atoms with Crippen molar-refractivity contribution in [3.8, 4) is 0 Å². The molecule has 1 fully saturated rings. The first-order chi connectivity index (χ1) is 10.5. The summed E-state index contributed by atoms with van der Waals surface area (Å²) in [6.45, 7) is -0.575. The average molecular weight is 332 g/mol. The van der Waals surface area contributed by atoms with Gasteiger partial charge in [-0.25, -0.2) is 19.3 Å². The molecule has 0 amide bonds. The van der Waals surface area contributed by atoms with Crippen LogP contribution in [0.15, 0.2) is 12.7 Å². The quantitative estimate of drug-likeness (QED) is 0.640. The monoisotopic (exact) mass is 332 g/mol. The Morgan fingerprint density at radius 1 is 1.50 bits per heavy atom. The van der Waals surface area contributed by atoms with Crippen molar-refractivity contribution in [2.75, 3.05) is 12.3 Å². The molecule has 12 heteroatoms. The van der Waals surface area contributed by atoms with Crippen LogP contribution in [0.2, 0.25) is 0 Å². The van der Waals surface area contributed by atoms with Gasteiger partial charge in [-0.15, -0.1) is 9.42 Å². The predicted molar refractivity (Wildman–Crippen MR) is 70.3 cm³/mol. The van der Waals surface area contributed by atoms with Crippen molar-refractivity contribution < 1.29 is 28.2 Å². The van der Waals surface area contributed by atoms with E-state index in [2.05, 4.69) is 19.5 Å². The fourth-order valence-corrected chi connectivity index (χ4v) is 2.81. The lowest BCUT2D eigenvalue weighted by molar-refractivity contribution is -0.0436. The fourth-order valence-electron chi connectivity index (χ4n) is 2.35. The number of imidazole rings is 1. The molecule has 118 valence electrons. The van der Waals surface area contributed by atoms with Crippen molar-refractivity contribution in [2.45, 2.75) is 24.6 Å². The molecule has 2 aromatic heterocycles. The Morgan fingerprint density at radius 3 is 2.95 bits per heavy atom. The third kappa shape index (κ3) is 2.42. The lowest BCUT2D eigenvalue weighted by Crippen LogP contribution is -2.32. The number of anilines is 1. The van der Waals surface area contributed by atoms with Crippen LogP contribution in [-0.2, 0) is 13.8 Å². The van der Waals surface area contributed by atoms with Gasteiger partial charge in [-0.1, -0.05) is 0 Å². The third-order valence-electron chi connectivity index (χ3n) is 3.32. The Labute approximate surface area is 123 Å². The summed E-state index contributed by atoms with van der Waals surface area (Å²) in [5, 5.41) is 9.22. The van der Waals surface area contributed by atoms with Crippen molar-refractivity contribution in [2.24, 2.45) is 0 Å². The SMILES string of the molecule is Nc1ncnc2c1ncn2[C@@H]1O[C@H](CO)C(O[P+](=O)O)C1F.